The van der Waals surface area contributed by atoms with E-state index in [9.17, 15) is 14.4 Å². The van der Waals surface area contributed by atoms with Crippen LogP contribution in [-0.2, 0) is 4.74 Å². The highest BCUT2D eigenvalue weighted by Crippen LogP contribution is 2.39. The molecule has 1 heterocycles. The molecule has 0 saturated carbocycles. The summed E-state index contributed by atoms with van der Waals surface area (Å²) >= 11 is 0.984. The molecule has 0 aliphatic carbocycles. The van der Waals surface area contributed by atoms with Gasteiger partial charge < -0.3 is 29.6 Å². The Kier molecular flexibility index (Phi) is 8.21. The van der Waals surface area contributed by atoms with Crippen LogP contribution in [-0.4, -0.2) is 46.2 Å². The van der Waals surface area contributed by atoms with Crippen molar-refractivity contribution in [2.75, 3.05) is 39.1 Å². The van der Waals surface area contributed by atoms with E-state index in [-0.39, 0.29) is 21.0 Å². The van der Waals surface area contributed by atoms with Crippen LogP contribution in [0.4, 0.5) is 10.7 Å². The van der Waals surface area contributed by atoms with Gasteiger partial charge in [-0.2, -0.15) is 0 Å². The fourth-order valence-corrected chi connectivity index (χ4v) is 4.87. The first-order valence-corrected chi connectivity index (χ1v) is 11.7. The van der Waals surface area contributed by atoms with Gasteiger partial charge in [0.25, 0.3) is 11.8 Å². The van der Waals surface area contributed by atoms with Crippen LogP contribution in [0.25, 0.3) is 0 Å². The maximum Gasteiger partial charge on any atom is 0.341 e. The van der Waals surface area contributed by atoms with E-state index in [4.69, 9.17) is 18.9 Å². The zero-order valence-corrected chi connectivity index (χ0v) is 22.0. The lowest BCUT2D eigenvalue weighted by Crippen LogP contribution is -2.15. The first-order valence-electron chi connectivity index (χ1n) is 10.9. The van der Waals surface area contributed by atoms with Gasteiger partial charge in [0.2, 0.25) is 5.75 Å². The van der Waals surface area contributed by atoms with Crippen molar-refractivity contribution in [3.63, 3.8) is 0 Å². The summed E-state index contributed by atoms with van der Waals surface area (Å²) in [5.41, 5.74) is 3.34. The minimum absolute atomic E-state index is 0.105. The van der Waals surface area contributed by atoms with E-state index >= 15 is 0 Å². The lowest BCUT2D eigenvalue weighted by atomic mass is 10.1. The normalized spacial score (nSPS) is 10.4. The third-order valence-corrected chi connectivity index (χ3v) is 6.58. The molecule has 2 aromatic carbocycles. The van der Waals surface area contributed by atoms with Crippen LogP contribution in [0.1, 0.15) is 47.1 Å². The Morgan fingerprint density at radius 3 is 1.83 bits per heavy atom. The number of nitrogens with one attached hydrogen (secondary N) is 2. The molecule has 3 rings (SSSR count). The Hall–Kier alpha value is -4.05. The minimum atomic E-state index is -0.672. The Balaban J connectivity index is 1.98. The molecule has 0 unspecified atom stereocenters. The smallest absolute Gasteiger partial charge is 0.341 e. The average molecular weight is 513 g/mol. The first kappa shape index (κ1) is 26.6. The number of methoxy groups -OCH3 is 4. The number of ether oxygens (including phenoxy) is 4. The van der Waals surface area contributed by atoms with Gasteiger partial charge in [0.15, 0.2) is 11.5 Å². The molecule has 190 valence electrons. The lowest BCUT2D eigenvalue weighted by Gasteiger charge is -2.14. The summed E-state index contributed by atoms with van der Waals surface area (Å²) in [5.74, 6) is -0.682. The fraction of sp³-hybridized carbons (Fsp3) is 0.269. The van der Waals surface area contributed by atoms with Crippen LogP contribution >= 0.6 is 11.3 Å². The molecule has 0 fully saturated rings. The third kappa shape index (κ3) is 5.44. The molecule has 0 bridgehead atoms. The molecule has 0 saturated heterocycles. The number of carbonyl (C=O) groups is 3. The summed E-state index contributed by atoms with van der Waals surface area (Å²) in [5, 5.41) is 5.78. The highest BCUT2D eigenvalue weighted by molar-refractivity contribution is 7.19. The number of anilines is 2. The number of benzene rings is 2. The van der Waals surface area contributed by atoms with Crippen LogP contribution in [0.5, 0.6) is 17.2 Å². The van der Waals surface area contributed by atoms with Gasteiger partial charge in [-0.25, -0.2) is 4.79 Å². The minimum Gasteiger partial charge on any atom is -0.493 e. The first-order chi connectivity index (χ1) is 17.1. The van der Waals surface area contributed by atoms with E-state index in [0.29, 0.717) is 28.5 Å². The van der Waals surface area contributed by atoms with Crippen molar-refractivity contribution >= 4 is 39.8 Å². The fourth-order valence-electron chi connectivity index (χ4n) is 3.79. The summed E-state index contributed by atoms with van der Waals surface area (Å²) in [6.45, 7) is 5.50. The van der Waals surface area contributed by atoms with Crippen molar-refractivity contribution in [1.29, 1.82) is 0 Å². The van der Waals surface area contributed by atoms with E-state index in [2.05, 4.69) is 10.6 Å². The second kappa shape index (κ2) is 11.1. The van der Waals surface area contributed by atoms with Crippen molar-refractivity contribution in [3.05, 3.63) is 63.0 Å². The van der Waals surface area contributed by atoms with Crippen molar-refractivity contribution < 1.29 is 33.3 Å². The van der Waals surface area contributed by atoms with E-state index in [1.165, 1.54) is 40.6 Å². The Morgan fingerprint density at radius 2 is 1.33 bits per heavy atom. The third-order valence-electron chi connectivity index (χ3n) is 5.38. The maximum atomic E-state index is 13.2. The van der Waals surface area contributed by atoms with Gasteiger partial charge in [0.05, 0.1) is 38.9 Å². The number of rotatable bonds is 8. The summed E-state index contributed by atoms with van der Waals surface area (Å²) < 4.78 is 20.9. The second-order valence-electron chi connectivity index (χ2n) is 7.95. The molecule has 3 aromatic rings. The molecule has 0 atom stereocenters. The zero-order valence-electron chi connectivity index (χ0n) is 21.2. The molecule has 9 nitrogen and oxygen atoms in total. The maximum absolute atomic E-state index is 13.2. The van der Waals surface area contributed by atoms with Crippen molar-refractivity contribution in [2.45, 2.75) is 20.8 Å². The number of hydrogen-bond acceptors (Lipinski definition) is 8. The molecular formula is C26H28N2O7S. The standard InChI is InChI=1S/C26H28N2O7S/c1-13-8-14(2)10-17(9-13)27-24(30)22-15(3)20(26(31)35-7)25(36-22)28-23(29)16-11-18(32-4)21(34-6)19(12-16)33-5/h8-12H,1-7H3,(H,27,30)(H,28,29). The Bertz CT molecular complexity index is 1280. The molecular weight excluding hydrogens is 484 g/mol. The molecule has 0 radical (unpaired) electrons. The number of hydrogen-bond donors (Lipinski definition) is 2. The molecule has 2 amide bonds. The zero-order chi connectivity index (χ0) is 26.6. The predicted octanol–water partition coefficient (Wildman–Crippen LogP) is 4.99. The molecule has 0 aliphatic rings. The largest absolute Gasteiger partial charge is 0.493 e. The number of carbonyl (C=O) groups excluding carboxylic acids is 3. The molecule has 2 N–H and O–H groups in total. The van der Waals surface area contributed by atoms with E-state index in [1.807, 2.05) is 32.0 Å². The monoisotopic (exact) mass is 512 g/mol. The van der Waals surface area contributed by atoms with Gasteiger partial charge in [0, 0.05) is 11.3 Å². The molecule has 10 heteroatoms. The van der Waals surface area contributed by atoms with Gasteiger partial charge in [-0.15, -0.1) is 11.3 Å². The topological polar surface area (TPSA) is 112 Å². The number of esters is 1. The van der Waals surface area contributed by atoms with Crippen LogP contribution < -0.4 is 24.8 Å². The quantitative estimate of drug-likeness (QED) is 0.409. The van der Waals surface area contributed by atoms with Gasteiger partial charge in [-0.1, -0.05) is 6.07 Å². The van der Waals surface area contributed by atoms with Crippen molar-refractivity contribution in [1.82, 2.24) is 0 Å². The Labute approximate surface area is 213 Å². The summed E-state index contributed by atoms with van der Waals surface area (Å²) in [7, 11) is 5.58. The van der Waals surface area contributed by atoms with Crippen LogP contribution in [0.2, 0.25) is 0 Å². The Morgan fingerprint density at radius 1 is 0.750 bits per heavy atom. The summed E-state index contributed by atoms with van der Waals surface area (Å²) in [4.78, 5) is 39.1. The van der Waals surface area contributed by atoms with E-state index < -0.39 is 17.8 Å². The van der Waals surface area contributed by atoms with Gasteiger partial charge in [0.1, 0.15) is 5.00 Å². The molecule has 1 aromatic heterocycles. The second-order valence-corrected chi connectivity index (χ2v) is 8.97. The SMILES string of the molecule is COC(=O)c1c(NC(=O)c2cc(OC)c(OC)c(OC)c2)sc(C(=O)Nc2cc(C)cc(C)c2)c1C. The highest BCUT2D eigenvalue weighted by atomic mass is 32.1. The number of thiophene rings is 1. The average Bonchev–Trinajstić information content (AvgIpc) is 3.17. The van der Waals surface area contributed by atoms with E-state index in [0.717, 1.165) is 22.5 Å². The summed E-state index contributed by atoms with van der Waals surface area (Å²) in [6.07, 6.45) is 0. The molecule has 0 spiro atoms. The van der Waals surface area contributed by atoms with Gasteiger partial charge in [-0.05, 0) is 61.7 Å². The predicted molar refractivity (Wildman–Crippen MR) is 138 cm³/mol. The molecule has 36 heavy (non-hydrogen) atoms. The van der Waals surface area contributed by atoms with E-state index in [1.54, 1.807) is 6.92 Å². The summed E-state index contributed by atoms with van der Waals surface area (Å²) in [6, 6.07) is 8.67. The van der Waals surface area contributed by atoms with Gasteiger partial charge >= 0.3 is 5.97 Å². The van der Waals surface area contributed by atoms with Crippen molar-refractivity contribution in [3.8, 4) is 17.2 Å². The molecule has 0 aliphatic heterocycles. The van der Waals surface area contributed by atoms with Crippen LogP contribution in [0.15, 0.2) is 30.3 Å². The lowest BCUT2D eigenvalue weighted by molar-refractivity contribution is 0.0601. The van der Waals surface area contributed by atoms with Crippen molar-refractivity contribution in [2.24, 2.45) is 0 Å². The highest BCUT2D eigenvalue weighted by Gasteiger charge is 2.27. The number of amides is 2. The van der Waals surface area contributed by atoms with Gasteiger partial charge in [-0.3, -0.25) is 9.59 Å². The number of aryl methyl sites for hydroxylation is 2. The van der Waals surface area contributed by atoms with Crippen LogP contribution in [0, 0.1) is 20.8 Å². The van der Waals surface area contributed by atoms with Crippen LogP contribution in [0.3, 0.4) is 0 Å².